The Morgan fingerprint density at radius 2 is 1.87 bits per heavy atom. The highest BCUT2D eigenvalue weighted by molar-refractivity contribution is 8.01. The second-order valence-corrected chi connectivity index (χ2v) is 7.38. The van der Waals surface area contributed by atoms with Crippen molar-refractivity contribution in [1.82, 2.24) is 0 Å². The monoisotopic (exact) mass is 347 g/mol. The van der Waals surface area contributed by atoms with Gasteiger partial charge in [-0.25, -0.2) is 0 Å². The number of thioether (sulfide) groups is 1. The lowest BCUT2D eigenvalue weighted by Crippen LogP contribution is -2.20. The first-order valence-electron chi connectivity index (χ1n) is 7.27. The van der Waals surface area contributed by atoms with Crippen LogP contribution in [0.25, 0.3) is 0 Å². The maximum Gasteiger partial charge on any atom is 0.237 e. The highest BCUT2D eigenvalue weighted by Gasteiger charge is 2.31. The SMILES string of the molecule is CC1SC(c2ccc(Cl)cc2)c2cc3c(cc2NC1=O)OCO3. The van der Waals surface area contributed by atoms with Gasteiger partial charge in [0, 0.05) is 16.8 Å². The molecule has 0 spiro atoms. The molecular weight excluding hydrogens is 334 g/mol. The zero-order valence-corrected chi connectivity index (χ0v) is 13.9. The van der Waals surface area contributed by atoms with Crippen LogP contribution in [0.1, 0.15) is 23.3 Å². The zero-order chi connectivity index (χ0) is 16.0. The summed E-state index contributed by atoms with van der Waals surface area (Å²) in [5.74, 6) is 1.37. The standard InChI is InChI=1S/C17H14ClNO3S/c1-9-17(20)19-13-7-15-14(21-8-22-15)6-12(13)16(23-9)10-2-4-11(18)5-3-10/h2-7,9,16H,8H2,1H3,(H,19,20). The molecule has 2 atom stereocenters. The van der Waals surface area contributed by atoms with Gasteiger partial charge in [0.1, 0.15) is 0 Å². The number of carbonyl (C=O) groups is 1. The van der Waals surface area contributed by atoms with Crippen molar-refractivity contribution in [2.45, 2.75) is 17.4 Å². The van der Waals surface area contributed by atoms with E-state index >= 15 is 0 Å². The maximum atomic E-state index is 12.3. The summed E-state index contributed by atoms with van der Waals surface area (Å²) in [6, 6.07) is 11.5. The lowest BCUT2D eigenvalue weighted by Gasteiger charge is -2.19. The van der Waals surface area contributed by atoms with Crippen molar-refractivity contribution in [3.8, 4) is 11.5 Å². The number of amides is 1. The van der Waals surface area contributed by atoms with Gasteiger partial charge in [-0.05, 0) is 36.2 Å². The van der Waals surface area contributed by atoms with E-state index in [-0.39, 0.29) is 23.2 Å². The predicted octanol–water partition coefficient (Wildman–Crippen LogP) is 4.23. The molecule has 118 valence electrons. The van der Waals surface area contributed by atoms with Crippen LogP contribution in [-0.4, -0.2) is 18.0 Å². The molecule has 0 saturated heterocycles. The molecule has 23 heavy (non-hydrogen) atoms. The Kier molecular flexibility index (Phi) is 3.62. The molecule has 0 saturated carbocycles. The van der Waals surface area contributed by atoms with Gasteiger partial charge in [-0.3, -0.25) is 4.79 Å². The lowest BCUT2D eigenvalue weighted by atomic mass is 10.0. The minimum atomic E-state index is -0.167. The minimum Gasteiger partial charge on any atom is -0.454 e. The third-order valence-corrected chi connectivity index (χ3v) is 5.64. The number of nitrogens with one attached hydrogen (secondary N) is 1. The van der Waals surface area contributed by atoms with Gasteiger partial charge in [0.15, 0.2) is 11.5 Å². The molecule has 2 aromatic carbocycles. The number of rotatable bonds is 1. The van der Waals surface area contributed by atoms with E-state index in [9.17, 15) is 4.79 Å². The largest absolute Gasteiger partial charge is 0.454 e. The number of benzene rings is 2. The molecule has 0 aromatic heterocycles. The fourth-order valence-electron chi connectivity index (χ4n) is 2.75. The van der Waals surface area contributed by atoms with E-state index in [0.717, 1.165) is 16.8 Å². The van der Waals surface area contributed by atoms with Crippen molar-refractivity contribution in [3.05, 3.63) is 52.5 Å². The highest BCUT2D eigenvalue weighted by Crippen LogP contribution is 2.48. The first kappa shape index (κ1) is 14.7. The Labute approximate surface area is 143 Å². The fourth-order valence-corrected chi connectivity index (χ4v) is 4.12. The van der Waals surface area contributed by atoms with Crippen LogP contribution in [0.3, 0.4) is 0 Å². The van der Waals surface area contributed by atoms with Crippen molar-refractivity contribution in [2.24, 2.45) is 0 Å². The molecule has 6 heteroatoms. The van der Waals surface area contributed by atoms with E-state index < -0.39 is 0 Å². The Hall–Kier alpha value is -1.85. The Balaban J connectivity index is 1.85. The van der Waals surface area contributed by atoms with Crippen LogP contribution in [-0.2, 0) is 4.79 Å². The second kappa shape index (κ2) is 5.65. The van der Waals surface area contributed by atoms with E-state index in [1.165, 1.54) is 0 Å². The molecule has 0 radical (unpaired) electrons. The Morgan fingerprint density at radius 3 is 2.61 bits per heavy atom. The van der Waals surface area contributed by atoms with E-state index in [1.807, 2.05) is 43.3 Å². The van der Waals surface area contributed by atoms with Gasteiger partial charge >= 0.3 is 0 Å². The molecule has 0 aliphatic carbocycles. The van der Waals surface area contributed by atoms with Crippen molar-refractivity contribution in [1.29, 1.82) is 0 Å². The molecule has 4 nitrogen and oxygen atoms in total. The van der Waals surface area contributed by atoms with Crippen molar-refractivity contribution < 1.29 is 14.3 Å². The van der Waals surface area contributed by atoms with Crippen LogP contribution >= 0.6 is 23.4 Å². The molecule has 2 aromatic rings. The third-order valence-electron chi connectivity index (χ3n) is 3.97. The first-order chi connectivity index (χ1) is 11.1. The van der Waals surface area contributed by atoms with E-state index in [0.29, 0.717) is 16.5 Å². The fraction of sp³-hybridized carbons (Fsp3) is 0.235. The zero-order valence-electron chi connectivity index (χ0n) is 12.3. The second-order valence-electron chi connectivity index (χ2n) is 5.49. The van der Waals surface area contributed by atoms with Crippen LogP contribution in [0.4, 0.5) is 5.69 Å². The third kappa shape index (κ3) is 2.64. The summed E-state index contributed by atoms with van der Waals surface area (Å²) in [5, 5.41) is 3.54. The number of ether oxygens (including phenoxy) is 2. The molecule has 1 amide bonds. The van der Waals surface area contributed by atoms with Gasteiger partial charge in [0.25, 0.3) is 0 Å². The molecule has 2 unspecified atom stereocenters. The average molecular weight is 348 g/mol. The Bertz CT molecular complexity index is 778. The normalized spacial score (nSPS) is 22.3. The van der Waals surface area contributed by atoms with Gasteiger partial charge in [-0.15, -0.1) is 11.8 Å². The predicted molar refractivity (Wildman–Crippen MR) is 91.5 cm³/mol. The van der Waals surface area contributed by atoms with Gasteiger partial charge in [-0.1, -0.05) is 23.7 Å². The van der Waals surface area contributed by atoms with Gasteiger partial charge in [0.2, 0.25) is 12.7 Å². The van der Waals surface area contributed by atoms with Gasteiger partial charge in [0.05, 0.1) is 10.5 Å². The number of hydrogen-bond acceptors (Lipinski definition) is 4. The van der Waals surface area contributed by atoms with Crippen molar-refractivity contribution in [2.75, 3.05) is 12.1 Å². The molecule has 2 heterocycles. The summed E-state index contributed by atoms with van der Waals surface area (Å²) < 4.78 is 10.9. The quantitative estimate of drug-likeness (QED) is 0.838. The summed E-state index contributed by atoms with van der Waals surface area (Å²) >= 11 is 7.61. The van der Waals surface area contributed by atoms with Crippen LogP contribution < -0.4 is 14.8 Å². The summed E-state index contributed by atoms with van der Waals surface area (Å²) in [4.78, 5) is 12.3. The number of carbonyl (C=O) groups excluding carboxylic acids is 1. The number of hydrogen-bond donors (Lipinski definition) is 1. The van der Waals surface area contributed by atoms with Crippen LogP contribution in [0, 0.1) is 0 Å². The van der Waals surface area contributed by atoms with Crippen LogP contribution in [0.5, 0.6) is 11.5 Å². The molecule has 0 bridgehead atoms. The molecular formula is C17H14ClNO3S. The number of anilines is 1. The van der Waals surface area contributed by atoms with E-state index in [1.54, 1.807) is 11.8 Å². The van der Waals surface area contributed by atoms with Gasteiger partial charge in [-0.2, -0.15) is 0 Å². The number of fused-ring (bicyclic) bond motifs is 2. The average Bonchev–Trinajstić information content (AvgIpc) is 2.95. The van der Waals surface area contributed by atoms with Crippen molar-refractivity contribution in [3.63, 3.8) is 0 Å². The molecule has 2 aliphatic heterocycles. The Morgan fingerprint density at radius 1 is 1.17 bits per heavy atom. The lowest BCUT2D eigenvalue weighted by molar-refractivity contribution is -0.115. The van der Waals surface area contributed by atoms with Gasteiger partial charge < -0.3 is 14.8 Å². The molecule has 1 N–H and O–H groups in total. The minimum absolute atomic E-state index is 0.00780. The summed E-state index contributed by atoms with van der Waals surface area (Å²) in [5.41, 5.74) is 2.89. The summed E-state index contributed by atoms with van der Waals surface area (Å²) in [6.07, 6.45) is 0. The molecule has 4 rings (SSSR count). The summed E-state index contributed by atoms with van der Waals surface area (Å²) in [7, 11) is 0. The highest BCUT2D eigenvalue weighted by atomic mass is 35.5. The molecule has 2 aliphatic rings. The number of halogens is 1. The topological polar surface area (TPSA) is 47.6 Å². The van der Waals surface area contributed by atoms with E-state index in [2.05, 4.69) is 5.32 Å². The van der Waals surface area contributed by atoms with E-state index in [4.69, 9.17) is 21.1 Å². The molecule has 0 fully saturated rings. The smallest absolute Gasteiger partial charge is 0.237 e. The van der Waals surface area contributed by atoms with Crippen LogP contribution in [0.15, 0.2) is 36.4 Å². The summed E-state index contributed by atoms with van der Waals surface area (Å²) in [6.45, 7) is 2.12. The van der Waals surface area contributed by atoms with Crippen LogP contribution in [0.2, 0.25) is 5.02 Å². The maximum absolute atomic E-state index is 12.3. The van der Waals surface area contributed by atoms with Crippen molar-refractivity contribution >= 4 is 35.0 Å². The first-order valence-corrected chi connectivity index (χ1v) is 8.59.